The average molecular weight is 349 g/mol. The number of aromatic nitrogens is 1. The van der Waals surface area contributed by atoms with E-state index >= 15 is 0 Å². The normalized spacial score (nSPS) is 17.4. The van der Waals surface area contributed by atoms with Gasteiger partial charge in [0.2, 0.25) is 0 Å². The van der Waals surface area contributed by atoms with Crippen LogP contribution in [0.15, 0.2) is 22.7 Å². The van der Waals surface area contributed by atoms with E-state index in [4.69, 9.17) is 9.15 Å². The Hall–Kier alpha value is -1.86. The van der Waals surface area contributed by atoms with Gasteiger partial charge < -0.3 is 19.4 Å². The monoisotopic (exact) mass is 349 g/mol. The first-order valence-electron chi connectivity index (χ1n) is 8.20. The summed E-state index contributed by atoms with van der Waals surface area (Å²) in [6.07, 6.45) is 4.55. The van der Waals surface area contributed by atoms with Crippen molar-refractivity contribution in [1.29, 1.82) is 0 Å². The number of nitrogens with zero attached hydrogens (tertiary/aromatic N) is 2. The third-order valence-electron chi connectivity index (χ3n) is 4.10. The molecule has 1 fully saturated rings. The largest absolute Gasteiger partial charge is 0.461 e. The van der Waals surface area contributed by atoms with Gasteiger partial charge in [0.15, 0.2) is 0 Å². The second-order valence-electron chi connectivity index (χ2n) is 5.94. The fourth-order valence-corrected chi connectivity index (χ4v) is 3.78. The van der Waals surface area contributed by atoms with Crippen molar-refractivity contribution in [1.82, 2.24) is 15.2 Å². The lowest BCUT2D eigenvalue weighted by molar-refractivity contribution is 0.156. The van der Waals surface area contributed by atoms with Crippen LogP contribution in [0.5, 0.6) is 0 Å². The second kappa shape index (κ2) is 7.81. The van der Waals surface area contributed by atoms with Gasteiger partial charge >= 0.3 is 6.03 Å². The smallest absolute Gasteiger partial charge is 0.318 e. The van der Waals surface area contributed by atoms with E-state index in [1.807, 2.05) is 30.2 Å². The molecule has 0 bridgehead atoms. The van der Waals surface area contributed by atoms with Crippen LogP contribution >= 0.6 is 11.3 Å². The topological polar surface area (TPSA) is 67.6 Å². The molecule has 24 heavy (non-hydrogen) atoms. The van der Waals surface area contributed by atoms with Gasteiger partial charge in [-0.3, -0.25) is 0 Å². The summed E-state index contributed by atoms with van der Waals surface area (Å²) in [7, 11) is 1.64. The second-order valence-corrected chi connectivity index (χ2v) is 7.25. The van der Waals surface area contributed by atoms with E-state index < -0.39 is 0 Å². The zero-order valence-electron chi connectivity index (χ0n) is 14.1. The average Bonchev–Trinajstić information content (AvgIpc) is 3.27. The lowest BCUT2D eigenvalue weighted by Gasteiger charge is -2.23. The molecular weight excluding hydrogens is 326 g/mol. The van der Waals surface area contributed by atoms with Crippen LogP contribution in [0.2, 0.25) is 0 Å². The molecular formula is C17H23N3O3S. The first kappa shape index (κ1) is 17.0. The molecule has 1 aliphatic heterocycles. The molecule has 3 heterocycles. The SMILES string of the molecule is COCc1ccc(C2CCCN2C(=O)NCCc2ncc(C)s2)o1. The third kappa shape index (κ3) is 3.96. The van der Waals surface area contributed by atoms with Crippen LogP contribution in [0.1, 0.15) is 40.3 Å². The Bertz CT molecular complexity index is 682. The summed E-state index contributed by atoms with van der Waals surface area (Å²) in [5, 5.41) is 4.06. The maximum atomic E-state index is 12.5. The Morgan fingerprint density at radius 3 is 3.17 bits per heavy atom. The van der Waals surface area contributed by atoms with Crippen molar-refractivity contribution < 1.29 is 13.9 Å². The first-order chi connectivity index (χ1) is 11.7. The van der Waals surface area contributed by atoms with E-state index in [1.54, 1.807) is 18.4 Å². The Morgan fingerprint density at radius 1 is 1.54 bits per heavy atom. The fourth-order valence-electron chi connectivity index (χ4n) is 2.99. The first-order valence-corrected chi connectivity index (χ1v) is 9.02. The molecule has 2 amide bonds. The highest BCUT2D eigenvalue weighted by molar-refractivity contribution is 7.11. The summed E-state index contributed by atoms with van der Waals surface area (Å²) in [6.45, 7) is 3.84. The Balaban J connectivity index is 1.54. The molecule has 2 aromatic rings. The highest BCUT2D eigenvalue weighted by Gasteiger charge is 2.32. The van der Waals surface area contributed by atoms with Crippen molar-refractivity contribution in [2.75, 3.05) is 20.2 Å². The minimum Gasteiger partial charge on any atom is -0.461 e. The lowest BCUT2D eigenvalue weighted by Crippen LogP contribution is -2.40. The van der Waals surface area contributed by atoms with E-state index in [2.05, 4.69) is 10.3 Å². The number of carbonyl (C=O) groups is 1. The quantitative estimate of drug-likeness (QED) is 0.869. The standard InChI is InChI=1S/C17H23N3O3S/c1-12-10-19-16(24-12)7-8-18-17(21)20-9-3-4-14(20)15-6-5-13(23-15)11-22-2/h5-6,10,14H,3-4,7-9,11H2,1-2H3,(H,18,21). The molecule has 1 unspecified atom stereocenters. The molecule has 6 nitrogen and oxygen atoms in total. The summed E-state index contributed by atoms with van der Waals surface area (Å²) >= 11 is 1.67. The van der Waals surface area contributed by atoms with Gasteiger partial charge in [0, 0.05) is 37.7 Å². The minimum atomic E-state index is -0.0320. The van der Waals surface area contributed by atoms with Crippen molar-refractivity contribution >= 4 is 17.4 Å². The van der Waals surface area contributed by atoms with E-state index in [-0.39, 0.29) is 12.1 Å². The van der Waals surface area contributed by atoms with E-state index in [0.717, 1.165) is 42.3 Å². The molecule has 0 aliphatic carbocycles. The molecule has 7 heteroatoms. The van der Waals surface area contributed by atoms with Gasteiger partial charge in [0.25, 0.3) is 0 Å². The van der Waals surface area contributed by atoms with Crippen molar-refractivity contribution in [3.63, 3.8) is 0 Å². The molecule has 0 radical (unpaired) electrons. The number of likely N-dealkylation sites (tertiary alicyclic amines) is 1. The molecule has 130 valence electrons. The van der Waals surface area contributed by atoms with Gasteiger partial charge in [0.05, 0.1) is 11.0 Å². The minimum absolute atomic E-state index is 0.0118. The van der Waals surface area contributed by atoms with Gasteiger partial charge in [-0.2, -0.15) is 0 Å². The molecule has 1 atom stereocenters. The van der Waals surface area contributed by atoms with Gasteiger partial charge in [-0.25, -0.2) is 9.78 Å². The zero-order valence-corrected chi connectivity index (χ0v) is 14.9. The van der Waals surface area contributed by atoms with Gasteiger partial charge in [0.1, 0.15) is 18.1 Å². The molecule has 0 spiro atoms. The summed E-state index contributed by atoms with van der Waals surface area (Å²) in [5.41, 5.74) is 0. The summed E-state index contributed by atoms with van der Waals surface area (Å²) in [4.78, 5) is 19.9. The van der Waals surface area contributed by atoms with Crippen LogP contribution in [-0.2, 0) is 17.8 Å². The van der Waals surface area contributed by atoms with Gasteiger partial charge in [-0.1, -0.05) is 0 Å². The highest BCUT2D eigenvalue weighted by Crippen LogP contribution is 2.33. The predicted molar refractivity (Wildman–Crippen MR) is 92.1 cm³/mol. The molecule has 3 rings (SSSR count). The number of nitrogens with one attached hydrogen (secondary N) is 1. The number of aryl methyl sites for hydroxylation is 1. The predicted octanol–water partition coefficient (Wildman–Crippen LogP) is 3.28. The lowest BCUT2D eigenvalue weighted by atomic mass is 10.2. The van der Waals surface area contributed by atoms with Crippen LogP contribution in [0, 0.1) is 6.92 Å². The molecule has 1 N–H and O–H groups in total. The number of ether oxygens (including phenoxy) is 1. The number of hydrogen-bond acceptors (Lipinski definition) is 5. The Labute approximate surface area is 145 Å². The third-order valence-corrected chi connectivity index (χ3v) is 5.07. The number of hydrogen-bond donors (Lipinski definition) is 1. The van der Waals surface area contributed by atoms with Crippen molar-refractivity contribution in [3.8, 4) is 0 Å². The van der Waals surface area contributed by atoms with Crippen LogP contribution in [0.3, 0.4) is 0 Å². The van der Waals surface area contributed by atoms with Gasteiger partial charge in [-0.15, -0.1) is 11.3 Å². The fraction of sp³-hybridized carbons (Fsp3) is 0.529. The number of thiazole rings is 1. The molecule has 0 aromatic carbocycles. The van der Waals surface area contributed by atoms with Crippen molar-refractivity contribution in [2.45, 2.75) is 38.8 Å². The Kier molecular flexibility index (Phi) is 5.52. The molecule has 1 aliphatic rings. The van der Waals surface area contributed by atoms with E-state index in [1.165, 1.54) is 4.88 Å². The van der Waals surface area contributed by atoms with Crippen LogP contribution in [0.4, 0.5) is 4.79 Å². The van der Waals surface area contributed by atoms with Crippen LogP contribution < -0.4 is 5.32 Å². The number of methoxy groups -OCH3 is 1. The molecule has 2 aromatic heterocycles. The maximum Gasteiger partial charge on any atom is 0.318 e. The molecule has 0 saturated carbocycles. The van der Waals surface area contributed by atoms with Crippen molar-refractivity contribution in [2.24, 2.45) is 0 Å². The summed E-state index contributed by atoms with van der Waals surface area (Å²) in [5.74, 6) is 1.63. The van der Waals surface area contributed by atoms with Crippen LogP contribution in [-0.4, -0.2) is 36.1 Å². The molecule has 1 saturated heterocycles. The number of rotatable bonds is 6. The van der Waals surface area contributed by atoms with Crippen molar-refractivity contribution in [3.05, 3.63) is 39.7 Å². The van der Waals surface area contributed by atoms with Crippen LogP contribution in [0.25, 0.3) is 0 Å². The van der Waals surface area contributed by atoms with E-state index in [0.29, 0.717) is 13.2 Å². The summed E-state index contributed by atoms with van der Waals surface area (Å²) < 4.78 is 10.9. The van der Waals surface area contributed by atoms with Gasteiger partial charge in [-0.05, 0) is 31.9 Å². The number of carbonyl (C=O) groups excluding carboxylic acids is 1. The summed E-state index contributed by atoms with van der Waals surface area (Å²) in [6, 6.07) is 3.84. The number of urea groups is 1. The van der Waals surface area contributed by atoms with E-state index in [9.17, 15) is 4.79 Å². The number of amides is 2. The highest BCUT2D eigenvalue weighted by atomic mass is 32.1. The zero-order chi connectivity index (χ0) is 16.9. The maximum absolute atomic E-state index is 12.5. The Morgan fingerprint density at radius 2 is 2.42 bits per heavy atom. The number of furan rings is 1.